The number of aryl methyl sites for hydroxylation is 1. The van der Waals surface area contributed by atoms with E-state index in [4.69, 9.17) is 4.42 Å². The van der Waals surface area contributed by atoms with E-state index < -0.39 is 0 Å². The molecule has 0 amide bonds. The van der Waals surface area contributed by atoms with E-state index in [0.717, 1.165) is 21.4 Å². The molecule has 0 unspecified atom stereocenters. The summed E-state index contributed by atoms with van der Waals surface area (Å²) in [6.45, 7) is 2.76. The van der Waals surface area contributed by atoms with Gasteiger partial charge in [0.2, 0.25) is 0 Å². The van der Waals surface area contributed by atoms with E-state index in [0.29, 0.717) is 12.6 Å². The highest BCUT2D eigenvalue weighted by Gasteiger charge is 2.13. The molecular weight excluding hydrogens is 322 g/mol. The van der Waals surface area contributed by atoms with Gasteiger partial charge in [-0.3, -0.25) is 0 Å². The van der Waals surface area contributed by atoms with Crippen LogP contribution < -0.4 is 5.32 Å². The van der Waals surface area contributed by atoms with E-state index in [9.17, 15) is 0 Å². The summed E-state index contributed by atoms with van der Waals surface area (Å²) < 4.78 is 8.53. The summed E-state index contributed by atoms with van der Waals surface area (Å²) in [6, 6.07) is 6.27. The second-order valence-corrected chi connectivity index (χ2v) is 5.63. The van der Waals surface area contributed by atoms with Crippen molar-refractivity contribution in [2.24, 2.45) is 7.05 Å². The van der Waals surface area contributed by atoms with Crippen molar-refractivity contribution in [2.45, 2.75) is 12.8 Å². The molecule has 20 heavy (non-hydrogen) atoms. The number of nitrogens with one attached hydrogen (secondary N) is 1. The number of oxazole rings is 1. The van der Waals surface area contributed by atoms with E-state index in [-0.39, 0.29) is 5.92 Å². The van der Waals surface area contributed by atoms with Crippen molar-refractivity contribution < 1.29 is 4.42 Å². The van der Waals surface area contributed by atoms with E-state index >= 15 is 0 Å². The molecule has 0 aliphatic heterocycles. The first-order valence-corrected chi connectivity index (χ1v) is 7.06. The van der Waals surface area contributed by atoms with E-state index in [2.05, 4.69) is 43.4 Å². The van der Waals surface area contributed by atoms with Crippen molar-refractivity contribution in [2.75, 3.05) is 11.9 Å². The molecular formula is C13H14BrN5O. The minimum Gasteiger partial charge on any atom is -0.424 e. The number of nitrogens with zero attached hydrogens (tertiary/aromatic N) is 4. The van der Waals surface area contributed by atoms with Crippen LogP contribution in [-0.4, -0.2) is 26.3 Å². The fourth-order valence-corrected chi connectivity index (χ4v) is 2.40. The van der Waals surface area contributed by atoms with Crippen molar-refractivity contribution in [1.29, 1.82) is 0 Å². The van der Waals surface area contributed by atoms with Crippen LogP contribution in [0.5, 0.6) is 0 Å². The lowest BCUT2D eigenvalue weighted by Crippen LogP contribution is -2.13. The maximum Gasteiger partial charge on any atom is 0.295 e. The average Bonchev–Trinajstić information content (AvgIpc) is 3.01. The van der Waals surface area contributed by atoms with Crippen LogP contribution in [0.3, 0.4) is 0 Å². The van der Waals surface area contributed by atoms with Gasteiger partial charge in [0.25, 0.3) is 6.01 Å². The highest BCUT2D eigenvalue weighted by Crippen LogP contribution is 2.23. The predicted molar refractivity (Wildman–Crippen MR) is 79.6 cm³/mol. The van der Waals surface area contributed by atoms with Gasteiger partial charge in [0.1, 0.15) is 17.7 Å². The molecule has 0 fully saturated rings. The van der Waals surface area contributed by atoms with Gasteiger partial charge in [-0.15, -0.1) is 10.2 Å². The standard InChI is InChI=1S/C13H14BrN5O/c1-8(12-18-16-7-19(12)2)6-15-13-17-10-5-9(14)3-4-11(10)20-13/h3-5,7-8H,6H2,1-2H3,(H,15,17)/t8-/m0/s1. The van der Waals surface area contributed by atoms with Gasteiger partial charge in [-0.2, -0.15) is 4.98 Å². The molecule has 7 heteroatoms. The van der Waals surface area contributed by atoms with E-state index in [1.165, 1.54) is 0 Å². The fraction of sp³-hybridized carbons (Fsp3) is 0.308. The normalized spacial score (nSPS) is 12.8. The smallest absolute Gasteiger partial charge is 0.295 e. The molecule has 3 aromatic rings. The zero-order valence-corrected chi connectivity index (χ0v) is 12.8. The van der Waals surface area contributed by atoms with Gasteiger partial charge in [-0.05, 0) is 18.2 Å². The van der Waals surface area contributed by atoms with Crippen molar-refractivity contribution >= 4 is 33.0 Å². The summed E-state index contributed by atoms with van der Waals surface area (Å²) in [4.78, 5) is 4.40. The maximum atomic E-state index is 5.64. The Labute approximate surface area is 124 Å². The van der Waals surface area contributed by atoms with Crippen molar-refractivity contribution in [1.82, 2.24) is 19.7 Å². The lowest BCUT2D eigenvalue weighted by Gasteiger charge is -2.10. The molecule has 1 atom stereocenters. The summed E-state index contributed by atoms with van der Waals surface area (Å²) in [7, 11) is 1.93. The Morgan fingerprint density at radius 3 is 3.05 bits per heavy atom. The highest BCUT2D eigenvalue weighted by atomic mass is 79.9. The molecule has 0 saturated carbocycles. The van der Waals surface area contributed by atoms with Crippen molar-refractivity contribution in [3.63, 3.8) is 0 Å². The summed E-state index contributed by atoms with van der Waals surface area (Å²) in [5.41, 5.74) is 1.59. The SMILES string of the molecule is C[C@@H](CNc1nc2cc(Br)ccc2o1)c1nncn1C. The first-order chi connectivity index (χ1) is 9.63. The van der Waals surface area contributed by atoms with Crippen LogP contribution in [0, 0.1) is 0 Å². The lowest BCUT2D eigenvalue weighted by atomic mass is 10.1. The van der Waals surface area contributed by atoms with Gasteiger partial charge < -0.3 is 14.3 Å². The van der Waals surface area contributed by atoms with Gasteiger partial charge in [-0.1, -0.05) is 22.9 Å². The van der Waals surface area contributed by atoms with Crippen LogP contribution in [0.2, 0.25) is 0 Å². The molecule has 0 aliphatic rings. The van der Waals surface area contributed by atoms with E-state index in [1.54, 1.807) is 6.33 Å². The van der Waals surface area contributed by atoms with Crippen molar-refractivity contribution in [3.8, 4) is 0 Å². The van der Waals surface area contributed by atoms with Crippen LogP contribution in [0.4, 0.5) is 6.01 Å². The molecule has 104 valence electrons. The van der Waals surface area contributed by atoms with Gasteiger partial charge in [0.15, 0.2) is 5.58 Å². The molecule has 3 rings (SSSR count). The number of hydrogen-bond acceptors (Lipinski definition) is 5. The summed E-state index contributed by atoms with van der Waals surface area (Å²) in [5.74, 6) is 1.14. The van der Waals surface area contributed by atoms with Gasteiger partial charge in [0.05, 0.1) is 0 Å². The largest absolute Gasteiger partial charge is 0.424 e. The fourth-order valence-electron chi connectivity index (χ4n) is 2.05. The third kappa shape index (κ3) is 2.53. The zero-order chi connectivity index (χ0) is 14.1. The second kappa shape index (κ2) is 5.24. The summed E-state index contributed by atoms with van der Waals surface area (Å²) >= 11 is 3.42. The molecule has 1 aromatic carbocycles. The third-order valence-corrected chi connectivity index (χ3v) is 3.59. The molecule has 1 N–H and O–H groups in total. The number of rotatable bonds is 4. The van der Waals surface area contributed by atoms with E-state index in [1.807, 2.05) is 29.8 Å². The quantitative estimate of drug-likeness (QED) is 0.793. The molecule has 0 aliphatic carbocycles. The van der Waals surface area contributed by atoms with Gasteiger partial charge in [-0.25, -0.2) is 0 Å². The Hall–Kier alpha value is -1.89. The Bertz CT molecular complexity index is 735. The second-order valence-electron chi connectivity index (χ2n) is 4.71. The predicted octanol–water partition coefficient (Wildman–Crippen LogP) is 2.93. The van der Waals surface area contributed by atoms with Crippen LogP contribution in [0.25, 0.3) is 11.1 Å². The Morgan fingerprint density at radius 1 is 1.45 bits per heavy atom. The van der Waals surface area contributed by atoms with Crippen LogP contribution >= 0.6 is 15.9 Å². The lowest BCUT2D eigenvalue weighted by molar-refractivity contribution is 0.601. The maximum absolute atomic E-state index is 5.64. The van der Waals surface area contributed by atoms with Gasteiger partial charge >= 0.3 is 0 Å². The monoisotopic (exact) mass is 335 g/mol. The van der Waals surface area contributed by atoms with Crippen LogP contribution in [0.15, 0.2) is 33.4 Å². The molecule has 2 aromatic heterocycles. The third-order valence-electron chi connectivity index (χ3n) is 3.10. The van der Waals surface area contributed by atoms with Gasteiger partial charge in [0, 0.05) is 24.0 Å². The number of anilines is 1. The Morgan fingerprint density at radius 2 is 2.30 bits per heavy atom. The topological polar surface area (TPSA) is 68.8 Å². The Kier molecular flexibility index (Phi) is 3.43. The van der Waals surface area contributed by atoms with Crippen LogP contribution in [-0.2, 0) is 7.05 Å². The first kappa shape index (κ1) is 13.1. The Balaban J connectivity index is 1.72. The zero-order valence-electron chi connectivity index (χ0n) is 11.2. The molecule has 2 heterocycles. The first-order valence-electron chi connectivity index (χ1n) is 6.27. The molecule has 0 spiro atoms. The highest BCUT2D eigenvalue weighted by molar-refractivity contribution is 9.10. The number of fused-ring (bicyclic) bond motifs is 1. The molecule has 0 bridgehead atoms. The minimum absolute atomic E-state index is 0.212. The number of benzene rings is 1. The number of halogens is 1. The summed E-state index contributed by atoms with van der Waals surface area (Å²) in [6.07, 6.45) is 1.70. The summed E-state index contributed by atoms with van der Waals surface area (Å²) in [5, 5.41) is 11.2. The number of aromatic nitrogens is 4. The molecule has 6 nitrogen and oxygen atoms in total. The molecule has 0 radical (unpaired) electrons. The molecule has 0 saturated heterocycles. The van der Waals surface area contributed by atoms with Crippen molar-refractivity contribution in [3.05, 3.63) is 34.8 Å². The average molecular weight is 336 g/mol. The van der Waals surface area contributed by atoms with Crippen LogP contribution in [0.1, 0.15) is 18.7 Å². The minimum atomic E-state index is 0.212. The number of hydrogen-bond donors (Lipinski definition) is 1.